The molecule has 0 bridgehead atoms. The summed E-state index contributed by atoms with van der Waals surface area (Å²) in [6.07, 6.45) is 3.53. The van der Waals surface area contributed by atoms with Crippen LogP contribution in [0.3, 0.4) is 0 Å². The standard InChI is InChI=1S/C19H25N3O3/c1-12-8-16(12)17-7-6-15(25-17)11-22(13-4-5-13)10-14-9-18(23)21(3)19(24)20(14)2/h6-7,9,12-13,16H,4-5,8,10-11H2,1-3H3. The van der Waals surface area contributed by atoms with E-state index in [1.165, 1.54) is 13.5 Å². The molecule has 134 valence electrons. The van der Waals surface area contributed by atoms with Gasteiger partial charge in [-0.15, -0.1) is 0 Å². The number of nitrogens with zero attached hydrogens (tertiary/aromatic N) is 3. The van der Waals surface area contributed by atoms with Crippen LogP contribution in [-0.2, 0) is 27.2 Å². The van der Waals surface area contributed by atoms with Crippen molar-refractivity contribution in [3.63, 3.8) is 0 Å². The number of hydrogen-bond donors (Lipinski definition) is 0. The summed E-state index contributed by atoms with van der Waals surface area (Å²) in [4.78, 5) is 26.4. The third kappa shape index (κ3) is 3.23. The van der Waals surface area contributed by atoms with Crippen LogP contribution in [0.1, 0.15) is 49.3 Å². The van der Waals surface area contributed by atoms with E-state index in [1.807, 2.05) is 0 Å². The summed E-state index contributed by atoms with van der Waals surface area (Å²) in [5, 5.41) is 0. The predicted octanol–water partition coefficient (Wildman–Crippen LogP) is 1.96. The van der Waals surface area contributed by atoms with Crippen molar-refractivity contribution in [3.05, 3.63) is 56.3 Å². The molecule has 0 saturated heterocycles. The first-order chi connectivity index (χ1) is 11.9. The molecule has 25 heavy (non-hydrogen) atoms. The van der Waals surface area contributed by atoms with E-state index in [1.54, 1.807) is 17.7 Å². The first-order valence-corrected chi connectivity index (χ1v) is 9.02. The summed E-state index contributed by atoms with van der Waals surface area (Å²) in [7, 11) is 3.23. The Morgan fingerprint density at radius 1 is 1.16 bits per heavy atom. The minimum Gasteiger partial charge on any atom is -0.464 e. The second-order valence-electron chi connectivity index (χ2n) is 7.63. The lowest BCUT2D eigenvalue weighted by Crippen LogP contribution is -2.39. The first kappa shape index (κ1) is 16.4. The van der Waals surface area contributed by atoms with E-state index in [-0.39, 0.29) is 11.2 Å². The van der Waals surface area contributed by atoms with E-state index in [2.05, 4.69) is 24.0 Å². The average molecular weight is 343 g/mol. The molecule has 2 saturated carbocycles. The van der Waals surface area contributed by atoms with Gasteiger partial charge in [-0.3, -0.25) is 18.8 Å². The van der Waals surface area contributed by atoms with Gasteiger partial charge in [0.1, 0.15) is 11.5 Å². The second kappa shape index (κ2) is 6.02. The van der Waals surface area contributed by atoms with Crippen LogP contribution in [0.4, 0.5) is 0 Å². The summed E-state index contributed by atoms with van der Waals surface area (Å²) < 4.78 is 8.75. The first-order valence-electron chi connectivity index (χ1n) is 9.02. The van der Waals surface area contributed by atoms with Gasteiger partial charge < -0.3 is 4.42 Å². The molecule has 0 N–H and O–H groups in total. The molecule has 6 heteroatoms. The Morgan fingerprint density at radius 3 is 2.52 bits per heavy atom. The molecule has 2 aromatic rings. The van der Waals surface area contributed by atoms with E-state index in [9.17, 15) is 9.59 Å². The van der Waals surface area contributed by atoms with E-state index in [0.717, 1.165) is 47.1 Å². The highest BCUT2D eigenvalue weighted by Crippen LogP contribution is 2.47. The van der Waals surface area contributed by atoms with Gasteiger partial charge in [0.25, 0.3) is 5.56 Å². The molecule has 2 aromatic heterocycles. The molecule has 2 atom stereocenters. The lowest BCUT2D eigenvalue weighted by atomic mass is 10.2. The maximum Gasteiger partial charge on any atom is 0.330 e. The molecule has 2 heterocycles. The van der Waals surface area contributed by atoms with Gasteiger partial charge in [-0.05, 0) is 37.3 Å². The smallest absolute Gasteiger partial charge is 0.330 e. The summed E-state index contributed by atoms with van der Waals surface area (Å²) in [5.41, 5.74) is 0.223. The Hall–Kier alpha value is -2.08. The van der Waals surface area contributed by atoms with Crippen LogP contribution in [0.2, 0.25) is 0 Å². The molecule has 2 aliphatic carbocycles. The van der Waals surface area contributed by atoms with Crippen molar-refractivity contribution >= 4 is 0 Å². The lowest BCUT2D eigenvalue weighted by molar-refractivity contribution is 0.217. The Bertz CT molecular complexity index is 903. The monoisotopic (exact) mass is 343 g/mol. The van der Waals surface area contributed by atoms with Gasteiger partial charge in [-0.25, -0.2) is 4.79 Å². The number of aromatic nitrogens is 2. The maximum absolute atomic E-state index is 12.1. The third-order valence-corrected chi connectivity index (χ3v) is 5.57. The zero-order chi connectivity index (χ0) is 17.7. The van der Waals surface area contributed by atoms with Crippen LogP contribution in [0, 0.1) is 5.92 Å². The number of furan rings is 1. The van der Waals surface area contributed by atoms with Crippen molar-refractivity contribution in [1.29, 1.82) is 0 Å². The van der Waals surface area contributed by atoms with Crippen LogP contribution in [0.15, 0.2) is 32.2 Å². The fourth-order valence-electron chi connectivity index (χ4n) is 3.49. The Kier molecular flexibility index (Phi) is 3.95. The van der Waals surface area contributed by atoms with Gasteiger partial charge in [0.15, 0.2) is 0 Å². The Morgan fingerprint density at radius 2 is 1.88 bits per heavy atom. The highest BCUT2D eigenvalue weighted by Gasteiger charge is 2.37. The van der Waals surface area contributed by atoms with Crippen molar-refractivity contribution < 1.29 is 4.42 Å². The zero-order valence-electron chi connectivity index (χ0n) is 15.1. The van der Waals surface area contributed by atoms with Crippen molar-refractivity contribution in [2.75, 3.05) is 0 Å². The fraction of sp³-hybridized carbons (Fsp3) is 0.579. The van der Waals surface area contributed by atoms with Gasteiger partial charge in [0, 0.05) is 44.4 Å². The number of hydrogen-bond acceptors (Lipinski definition) is 4. The zero-order valence-corrected chi connectivity index (χ0v) is 15.1. The van der Waals surface area contributed by atoms with Crippen molar-refractivity contribution in [3.8, 4) is 0 Å². The average Bonchev–Trinajstić information content (AvgIpc) is 3.50. The van der Waals surface area contributed by atoms with Crippen molar-refractivity contribution in [2.24, 2.45) is 20.0 Å². The largest absolute Gasteiger partial charge is 0.464 e. The molecule has 0 amide bonds. The molecule has 2 unspecified atom stereocenters. The molecular formula is C19H25N3O3. The van der Waals surface area contributed by atoms with Gasteiger partial charge in [0.2, 0.25) is 0 Å². The third-order valence-electron chi connectivity index (χ3n) is 5.57. The minimum absolute atomic E-state index is 0.253. The van der Waals surface area contributed by atoms with E-state index < -0.39 is 0 Å². The quantitative estimate of drug-likeness (QED) is 0.804. The van der Waals surface area contributed by atoms with Crippen LogP contribution in [0.25, 0.3) is 0 Å². The van der Waals surface area contributed by atoms with E-state index >= 15 is 0 Å². The predicted molar refractivity (Wildman–Crippen MR) is 94.4 cm³/mol. The van der Waals surface area contributed by atoms with Crippen molar-refractivity contribution in [1.82, 2.24) is 14.0 Å². The summed E-state index contributed by atoms with van der Waals surface area (Å²) in [6, 6.07) is 6.24. The maximum atomic E-state index is 12.1. The SMILES string of the molecule is CC1CC1c1ccc(CN(Cc2cc(=O)n(C)c(=O)n2C)C2CC2)o1. The minimum atomic E-state index is -0.277. The normalized spacial score (nSPS) is 22.6. The van der Waals surface area contributed by atoms with Gasteiger partial charge in [0.05, 0.1) is 6.54 Å². The number of rotatable bonds is 6. The van der Waals surface area contributed by atoms with Crippen LogP contribution in [-0.4, -0.2) is 20.1 Å². The fourth-order valence-corrected chi connectivity index (χ4v) is 3.49. The molecule has 0 radical (unpaired) electrons. The highest BCUT2D eigenvalue weighted by atomic mass is 16.3. The molecule has 0 aromatic carbocycles. The Labute approximate surface area is 146 Å². The molecule has 0 aliphatic heterocycles. The van der Waals surface area contributed by atoms with Crippen LogP contribution in [0.5, 0.6) is 0 Å². The topological polar surface area (TPSA) is 60.4 Å². The molecule has 2 aliphatic rings. The molecule has 6 nitrogen and oxygen atoms in total. The molecule has 0 spiro atoms. The second-order valence-corrected chi connectivity index (χ2v) is 7.63. The molecular weight excluding hydrogens is 318 g/mol. The molecule has 2 fully saturated rings. The van der Waals surface area contributed by atoms with Crippen molar-refractivity contribution in [2.45, 2.75) is 51.2 Å². The van der Waals surface area contributed by atoms with Crippen LogP contribution < -0.4 is 11.2 Å². The van der Waals surface area contributed by atoms with E-state index in [0.29, 0.717) is 18.5 Å². The summed E-state index contributed by atoms with van der Waals surface area (Å²) in [6.45, 7) is 3.55. The summed E-state index contributed by atoms with van der Waals surface area (Å²) in [5.74, 6) is 3.38. The van der Waals surface area contributed by atoms with Crippen LogP contribution >= 0.6 is 0 Å². The Balaban J connectivity index is 1.54. The highest BCUT2D eigenvalue weighted by molar-refractivity contribution is 5.18. The molecule has 4 rings (SSSR count). The van der Waals surface area contributed by atoms with E-state index in [4.69, 9.17) is 4.42 Å². The van der Waals surface area contributed by atoms with Gasteiger partial charge in [-0.1, -0.05) is 6.92 Å². The van der Waals surface area contributed by atoms with Gasteiger partial charge in [-0.2, -0.15) is 0 Å². The summed E-state index contributed by atoms with van der Waals surface area (Å²) >= 11 is 0. The van der Waals surface area contributed by atoms with Gasteiger partial charge >= 0.3 is 5.69 Å². The lowest BCUT2D eigenvalue weighted by Gasteiger charge is -2.22.